The van der Waals surface area contributed by atoms with Gasteiger partial charge in [-0.25, -0.2) is 4.79 Å². The van der Waals surface area contributed by atoms with E-state index in [1.54, 1.807) is 13.8 Å². The van der Waals surface area contributed by atoms with E-state index in [-0.39, 0.29) is 18.1 Å². The lowest BCUT2D eigenvalue weighted by Gasteiger charge is -2.25. The second kappa shape index (κ2) is 12.1. The highest BCUT2D eigenvalue weighted by Crippen LogP contribution is 2.13. The fourth-order valence-electron chi connectivity index (χ4n) is 2.74. The van der Waals surface area contributed by atoms with Gasteiger partial charge in [-0.3, -0.25) is 4.79 Å². The predicted octanol–water partition coefficient (Wildman–Crippen LogP) is 2.24. The van der Waals surface area contributed by atoms with Crippen LogP contribution in [0.5, 0.6) is 0 Å². The van der Waals surface area contributed by atoms with Crippen molar-refractivity contribution in [3.8, 4) is 0 Å². The number of carbonyl (C=O) groups is 2. The molecular formula is C18H34N2O5. The molecule has 3 atom stereocenters. The van der Waals surface area contributed by atoms with Crippen LogP contribution in [0.4, 0.5) is 4.79 Å². The molecule has 7 heteroatoms. The van der Waals surface area contributed by atoms with Crippen LogP contribution in [0.15, 0.2) is 0 Å². The van der Waals surface area contributed by atoms with Crippen LogP contribution in [-0.2, 0) is 19.0 Å². The number of ether oxygens (including phenoxy) is 3. The monoisotopic (exact) mass is 358 g/mol. The predicted molar refractivity (Wildman–Crippen MR) is 95.4 cm³/mol. The SMILES string of the molecule is CCOC(=O)NC(CNC(=O)C(C)OCC1CCCCO1)CC(C)C. The molecule has 0 aromatic heterocycles. The van der Waals surface area contributed by atoms with Crippen molar-refractivity contribution >= 4 is 12.0 Å². The Balaban J connectivity index is 2.34. The van der Waals surface area contributed by atoms with E-state index in [9.17, 15) is 9.59 Å². The first-order valence-corrected chi connectivity index (χ1v) is 9.36. The zero-order valence-electron chi connectivity index (χ0n) is 16.0. The highest BCUT2D eigenvalue weighted by molar-refractivity contribution is 5.80. The van der Waals surface area contributed by atoms with E-state index >= 15 is 0 Å². The Morgan fingerprint density at radius 1 is 1.24 bits per heavy atom. The van der Waals surface area contributed by atoms with Gasteiger partial charge in [-0.1, -0.05) is 13.8 Å². The van der Waals surface area contributed by atoms with Gasteiger partial charge in [0.25, 0.3) is 0 Å². The summed E-state index contributed by atoms with van der Waals surface area (Å²) in [5.74, 6) is 0.205. The first-order chi connectivity index (χ1) is 11.9. The lowest BCUT2D eigenvalue weighted by Crippen LogP contribution is -2.47. The van der Waals surface area contributed by atoms with Crippen LogP contribution in [0.3, 0.4) is 0 Å². The Labute approximate surface area is 151 Å². The molecule has 0 radical (unpaired) electrons. The summed E-state index contributed by atoms with van der Waals surface area (Å²) < 4.78 is 16.1. The maximum absolute atomic E-state index is 12.2. The Morgan fingerprint density at radius 2 is 2.00 bits per heavy atom. The molecule has 0 spiro atoms. The van der Waals surface area contributed by atoms with E-state index in [0.717, 1.165) is 32.3 Å². The third-order valence-corrected chi connectivity index (χ3v) is 4.05. The third kappa shape index (κ3) is 9.65. The standard InChI is InChI=1S/C18H34N2O5/c1-5-23-18(22)20-15(10-13(2)3)11-19-17(21)14(4)25-12-16-8-6-7-9-24-16/h13-16H,5-12H2,1-4H3,(H,19,21)(H,20,22). The molecule has 0 aromatic carbocycles. The molecule has 146 valence electrons. The molecule has 25 heavy (non-hydrogen) atoms. The van der Waals surface area contributed by atoms with Gasteiger partial charge in [-0.15, -0.1) is 0 Å². The van der Waals surface area contributed by atoms with Crippen molar-refractivity contribution in [3.05, 3.63) is 0 Å². The number of rotatable bonds is 10. The Kier molecular flexibility index (Phi) is 10.5. The minimum atomic E-state index is -0.548. The van der Waals surface area contributed by atoms with Gasteiger partial charge in [0.2, 0.25) is 5.91 Å². The lowest BCUT2D eigenvalue weighted by molar-refractivity contribution is -0.135. The van der Waals surface area contributed by atoms with Gasteiger partial charge >= 0.3 is 6.09 Å². The van der Waals surface area contributed by atoms with Crippen LogP contribution < -0.4 is 10.6 Å². The summed E-state index contributed by atoms with van der Waals surface area (Å²) in [4.78, 5) is 23.8. The number of hydrogen-bond acceptors (Lipinski definition) is 5. The summed E-state index contributed by atoms with van der Waals surface area (Å²) in [5, 5.41) is 5.64. The van der Waals surface area contributed by atoms with E-state index in [1.807, 2.05) is 0 Å². The summed E-state index contributed by atoms with van der Waals surface area (Å²) in [6.07, 6.45) is 3.05. The Hall–Kier alpha value is -1.34. The molecule has 2 amide bonds. The zero-order chi connectivity index (χ0) is 18.7. The van der Waals surface area contributed by atoms with Gasteiger partial charge in [0, 0.05) is 19.2 Å². The summed E-state index contributed by atoms with van der Waals surface area (Å²) >= 11 is 0. The zero-order valence-corrected chi connectivity index (χ0v) is 16.0. The Morgan fingerprint density at radius 3 is 2.60 bits per heavy atom. The second-order valence-corrected chi connectivity index (χ2v) is 6.90. The van der Waals surface area contributed by atoms with Crippen LogP contribution in [-0.4, -0.2) is 56.6 Å². The molecular weight excluding hydrogens is 324 g/mol. The average molecular weight is 358 g/mol. The summed E-state index contributed by atoms with van der Waals surface area (Å²) in [6.45, 7) is 9.50. The summed E-state index contributed by atoms with van der Waals surface area (Å²) in [6, 6.07) is -0.170. The first kappa shape index (κ1) is 21.7. The van der Waals surface area contributed by atoms with Crippen molar-refractivity contribution in [2.24, 2.45) is 5.92 Å². The van der Waals surface area contributed by atoms with Gasteiger partial charge in [-0.05, 0) is 45.4 Å². The summed E-state index contributed by atoms with van der Waals surface area (Å²) in [5.41, 5.74) is 0. The first-order valence-electron chi connectivity index (χ1n) is 9.36. The largest absolute Gasteiger partial charge is 0.450 e. The number of amides is 2. The van der Waals surface area contributed by atoms with Crippen LogP contribution in [0, 0.1) is 5.92 Å². The molecule has 1 heterocycles. The molecule has 0 bridgehead atoms. The minimum absolute atomic E-state index is 0.0863. The molecule has 2 N–H and O–H groups in total. The van der Waals surface area contributed by atoms with Crippen LogP contribution in [0.2, 0.25) is 0 Å². The molecule has 3 unspecified atom stereocenters. The van der Waals surface area contributed by atoms with Crippen LogP contribution in [0.1, 0.15) is 53.4 Å². The fraction of sp³-hybridized carbons (Fsp3) is 0.889. The highest BCUT2D eigenvalue weighted by Gasteiger charge is 2.21. The van der Waals surface area contributed by atoms with Gasteiger partial charge in [-0.2, -0.15) is 0 Å². The van der Waals surface area contributed by atoms with Crippen LogP contribution in [0.25, 0.3) is 0 Å². The van der Waals surface area contributed by atoms with Crippen molar-refractivity contribution in [3.63, 3.8) is 0 Å². The van der Waals surface area contributed by atoms with E-state index in [4.69, 9.17) is 14.2 Å². The highest BCUT2D eigenvalue weighted by atomic mass is 16.5. The maximum atomic E-state index is 12.2. The van der Waals surface area contributed by atoms with Crippen molar-refractivity contribution in [2.75, 3.05) is 26.4 Å². The maximum Gasteiger partial charge on any atom is 0.407 e. The topological polar surface area (TPSA) is 85.9 Å². The lowest BCUT2D eigenvalue weighted by atomic mass is 10.0. The second-order valence-electron chi connectivity index (χ2n) is 6.90. The molecule has 1 aliphatic heterocycles. The molecule has 1 aliphatic rings. The number of hydrogen-bond donors (Lipinski definition) is 2. The van der Waals surface area contributed by atoms with Crippen molar-refractivity contribution in [1.82, 2.24) is 10.6 Å². The Bertz CT molecular complexity index is 397. The molecule has 0 saturated carbocycles. The minimum Gasteiger partial charge on any atom is -0.450 e. The quantitative estimate of drug-likeness (QED) is 0.625. The molecule has 1 saturated heterocycles. The molecule has 1 fully saturated rings. The number of alkyl carbamates (subject to hydrolysis) is 1. The van der Waals surface area contributed by atoms with E-state index in [1.165, 1.54) is 0 Å². The van der Waals surface area contributed by atoms with Gasteiger partial charge in [0.15, 0.2) is 0 Å². The van der Waals surface area contributed by atoms with E-state index in [0.29, 0.717) is 25.7 Å². The number of nitrogens with one attached hydrogen (secondary N) is 2. The van der Waals surface area contributed by atoms with Crippen molar-refractivity contribution in [2.45, 2.75) is 71.6 Å². The van der Waals surface area contributed by atoms with Crippen LogP contribution >= 0.6 is 0 Å². The van der Waals surface area contributed by atoms with Crippen molar-refractivity contribution in [1.29, 1.82) is 0 Å². The summed E-state index contributed by atoms with van der Waals surface area (Å²) in [7, 11) is 0. The van der Waals surface area contributed by atoms with Crippen molar-refractivity contribution < 1.29 is 23.8 Å². The molecule has 1 rings (SSSR count). The molecule has 7 nitrogen and oxygen atoms in total. The third-order valence-electron chi connectivity index (χ3n) is 4.05. The molecule has 0 aliphatic carbocycles. The van der Waals surface area contributed by atoms with Gasteiger partial charge in [0.1, 0.15) is 6.10 Å². The van der Waals surface area contributed by atoms with E-state index in [2.05, 4.69) is 24.5 Å². The van der Waals surface area contributed by atoms with E-state index < -0.39 is 12.2 Å². The average Bonchev–Trinajstić information content (AvgIpc) is 2.57. The van der Waals surface area contributed by atoms with Gasteiger partial charge < -0.3 is 24.8 Å². The fourth-order valence-corrected chi connectivity index (χ4v) is 2.74. The van der Waals surface area contributed by atoms with Gasteiger partial charge in [0.05, 0.1) is 19.3 Å². The molecule has 0 aromatic rings. The normalized spacial score (nSPS) is 20.0. The number of carbonyl (C=O) groups excluding carboxylic acids is 2. The smallest absolute Gasteiger partial charge is 0.407 e.